The third-order valence-electron chi connectivity index (χ3n) is 6.06. The Morgan fingerprint density at radius 3 is 2.66 bits per heavy atom. The van der Waals surface area contributed by atoms with Crippen LogP contribution in [0.4, 0.5) is 11.6 Å². The van der Waals surface area contributed by atoms with Crippen LogP contribution < -0.4 is 5.32 Å². The molecule has 2 N–H and O–H groups in total. The van der Waals surface area contributed by atoms with E-state index in [4.69, 9.17) is 27.9 Å². The van der Waals surface area contributed by atoms with Crippen molar-refractivity contribution in [2.24, 2.45) is 0 Å². The van der Waals surface area contributed by atoms with E-state index >= 15 is 0 Å². The van der Waals surface area contributed by atoms with Crippen LogP contribution in [0.5, 0.6) is 0 Å². The number of benzene rings is 1. The summed E-state index contributed by atoms with van der Waals surface area (Å²) >= 11 is 12.7. The molecule has 2 aliphatic heterocycles. The number of piperidine rings is 1. The normalized spacial score (nSPS) is 20.0. The number of nitrogens with zero attached hydrogens (tertiary/aromatic N) is 4. The summed E-state index contributed by atoms with van der Waals surface area (Å²) in [6.07, 6.45) is 5.54. The predicted molar refractivity (Wildman–Crippen MR) is 114 cm³/mol. The number of halogens is 2. The summed E-state index contributed by atoms with van der Waals surface area (Å²) in [5.74, 6) is 0.907. The van der Waals surface area contributed by atoms with Gasteiger partial charge in [-0.2, -0.15) is 5.10 Å². The number of hydrogen-bond donors (Lipinski definition) is 2. The summed E-state index contributed by atoms with van der Waals surface area (Å²) in [7, 11) is 0. The van der Waals surface area contributed by atoms with E-state index in [0.717, 1.165) is 55.1 Å². The van der Waals surface area contributed by atoms with Gasteiger partial charge in [0.2, 0.25) is 5.95 Å². The predicted octanol–water partition coefficient (Wildman–Crippen LogP) is 4.37. The molecule has 2 aliphatic rings. The van der Waals surface area contributed by atoms with Crippen molar-refractivity contribution in [2.45, 2.75) is 31.2 Å². The van der Waals surface area contributed by atoms with E-state index in [-0.39, 0.29) is 5.54 Å². The summed E-state index contributed by atoms with van der Waals surface area (Å²) in [6.45, 7) is 6.09. The fourth-order valence-corrected chi connectivity index (χ4v) is 4.70. The molecule has 2 aromatic heterocycles. The van der Waals surface area contributed by atoms with Crippen LogP contribution in [0.1, 0.15) is 31.2 Å². The van der Waals surface area contributed by atoms with Gasteiger partial charge in [-0.3, -0.25) is 10.00 Å². The van der Waals surface area contributed by atoms with E-state index < -0.39 is 0 Å². The molecule has 0 bridgehead atoms. The van der Waals surface area contributed by atoms with Crippen molar-refractivity contribution in [1.82, 2.24) is 25.1 Å². The van der Waals surface area contributed by atoms with Crippen LogP contribution in [-0.2, 0) is 4.74 Å². The van der Waals surface area contributed by atoms with Gasteiger partial charge in [0.1, 0.15) is 5.15 Å². The van der Waals surface area contributed by atoms with Crippen molar-refractivity contribution in [2.75, 3.05) is 31.6 Å². The SMILES string of the molecule is CC1(N2CCC(c3cc4nc(Nc5cn[nH]c5Cl)ncc4cc3Cl)CC2)COC1. The lowest BCUT2D eigenvalue weighted by Crippen LogP contribution is -2.61. The largest absolute Gasteiger partial charge is 0.377 e. The third kappa shape index (κ3) is 3.57. The number of hydrogen-bond acceptors (Lipinski definition) is 6. The van der Waals surface area contributed by atoms with Crippen molar-refractivity contribution in [3.63, 3.8) is 0 Å². The Morgan fingerprint density at radius 1 is 1.21 bits per heavy atom. The summed E-state index contributed by atoms with van der Waals surface area (Å²) in [6, 6.07) is 4.07. The van der Waals surface area contributed by atoms with Crippen molar-refractivity contribution in [3.8, 4) is 0 Å². The number of aromatic amines is 1. The molecule has 0 spiro atoms. The molecule has 5 rings (SSSR count). The number of nitrogens with one attached hydrogen (secondary N) is 2. The van der Waals surface area contributed by atoms with Crippen LogP contribution in [-0.4, -0.2) is 56.9 Å². The number of anilines is 2. The molecule has 2 saturated heterocycles. The molecule has 0 radical (unpaired) electrons. The summed E-state index contributed by atoms with van der Waals surface area (Å²) in [4.78, 5) is 11.6. The average Bonchev–Trinajstić information content (AvgIpc) is 3.10. The lowest BCUT2D eigenvalue weighted by Gasteiger charge is -2.50. The Balaban J connectivity index is 1.38. The molecule has 4 heterocycles. The summed E-state index contributed by atoms with van der Waals surface area (Å²) in [5.41, 5.74) is 2.88. The molecule has 7 nitrogen and oxygen atoms in total. The first kappa shape index (κ1) is 19.1. The van der Waals surface area contributed by atoms with Gasteiger partial charge in [-0.15, -0.1) is 0 Å². The number of rotatable bonds is 4. The summed E-state index contributed by atoms with van der Waals surface area (Å²) in [5, 5.41) is 11.8. The van der Waals surface area contributed by atoms with Gasteiger partial charge >= 0.3 is 0 Å². The first-order chi connectivity index (χ1) is 14.0. The van der Waals surface area contributed by atoms with Crippen LogP contribution in [0, 0.1) is 0 Å². The van der Waals surface area contributed by atoms with Gasteiger partial charge in [-0.25, -0.2) is 9.97 Å². The second kappa shape index (κ2) is 7.40. The average molecular weight is 433 g/mol. The Kier molecular flexibility index (Phi) is 4.86. The molecule has 0 saturated carbocycles. The van der Waals surface area contributed by atoms with Gasteiger partial charge in [-0.1, -0.05) is 23.2 Å². The van der Waals surface area contributed by atoms with Crippen molar-refractivity contribution < 1.29 is 4.74 Å². The molecule has 0 aliphatic carbocycles. The standard InChI is InChI=1S/C20H22Cl2N6O/c1-20(10-29-11-20)28-4-2-12(3-5-28)14-7-16-13(6-15(14)21)8-23-19(25-16)26-17-9-24-27-18(17)22/h6-9,12H,2-5,10-11H2,1H3,(H,24,27)(H,23,25,26). The number of aromatic nitrogens is 4. The first-order valence-electron chi connectivity index (χ1n) is 9.77. The fraction of sp³-hybridized carbons (Fsp3) is 0.450. The van der Waals surface area contributed by atoms with E-state index in [1.165, 1.54) is 5.56 Å². The van der Waals surface area contributed by atoms with Crippen molar-refractivity contribution >= 4 is 45.7 Å². The molecular formula is C20H22Cl2N6O. The molecule has 3 aromatic rings. The molecule has 0 unspecified atom stereocenters. The summed E-state index contributed by atoms with van der Waals surface area (Å²) < 4.78 is 5.43. The van der Waals surface area contributed by atoms with Gasteiger partial charge in [0.25, 0.3) is 0 Å². The van der Waals surface area contributed by atoms with E-state index in [1.54, 1.807) is 12.4 Å². The van der Waals surface area contributed by atoms with E-state index in [1.807, 2.05) is 6.07 Å². The van der Waals surface area contributed by atoms with E-state index in [9.17, 15) is 0 Å². The maximum absolute atomic E-state index is 6.64. The molecule has 152 valence electrons. The molecular weight excluding hydrogens is 411 g/mol. The van der Waals surface area contributed by atoms with Gasteiger partial charge in [0, 0.05) is 16.6 Å². The maximum Gasteiger partial charge on any atom is 0.227 e. The van der Waals surface area contributed by atoms with Crippen LogP contribution in [0.15, 0.2) is 24.5 Å². The topological polar surface area (TPSA) is 79.0 Å². The second-order valence-electron chi connectivity index (χ2n) is 8.10. The Labute approximate surface area is 178 Å². The quantitative estimate of drug-likeness (QED) is 0.636. The van der Waals surface area contributed by atoms with E-state index in [0.29, 0.717) is 22.7 Å². The maximum atomic E-state index is 6.64. The zero-order chi connectivity index (χ0) is 20.0. The Hall–Kier alpha value is -1.93. The zero-order valence-electron chi connectivity index (χ0n) is 16.1. The smallest absolute Gasteiger partial charge is 0.227 e. The third-order valence-corrected chi connectivity index (χ3v) is 6.68. The number of fused-ring (bicyclic) bond motifs is 1. The highest BCUT2D eigenvalue weighted by molar-refractivity contribution is 6.32. The Bertz CT molecular complexity index is 1040. The first-order valence-corrected chi connectivity index (χ1v) is 10.5. The molecule has 9 heteroatoms. The Morgan fingerprint density at radius 2 is 2.00 bits per heavy atom. The molecule has 0 amide bonds. The minimum atomic E-state index is 0.209. The second-order valence-corrected chi connectivity index (χ2v) is 8.89. The highest BCUT2D eigenvalue weighted by Gasteiger charge is 2.41. The lowest BCUT2D eigenvalue weighted by molar-refractivity contribution is -0.136. The minimum absolute atomic E-state index is 0.209. The number of likely N-dealkylation sites (tertiary alicyclic amines) is 1. The zero-order valence-corrected chi connectivity index (χ0v) is 17.6. The van der Waals surface area contributed by atoms with Crippen LogP contribution in [0.3, 0.4) is 0 Å². The van der Waals surface area contributed by atoms with Gasteiger partial charge in [-0.05, 0) is 56.5 Å². The van der Waals surface area contributed by atoms with Crippen molar-refractivity contribution in [1.29, 1.82) is 0 Å². The monoisotopic (exact) mass is 432 g/mol. The van der Waals surface area contributed by atoms with Crippen LogP contribution >= 0.6 is 23.2 Å². The molecule has 29 heavy (non-hydrogen) atoms. The van der Waals surface area contributed by atoms with E-state index in [2.05, 4.69) is 43.4 Å². The lowest BCUT2D eigenvalue weighted by atomic mass is 9.86. The van der Waals surface area contributed by atoms with Crippen molar-refractivity contribution in [3.05, 3.63) is 40.3 Å². The van der Waals surface area contributed by atoms with Gasteiger partial charge in [0.15, 0.2) is 0 Å². The minimum Gasteiger partial charge on any atom is -0.377 e. The highest BCUT2D eigenvalue weighted by Crippen LogP contribution is 2.38. The number of ether oxygens (including phenoxy) is 1. The number of H-pyrrole nitrogens is 1. The molecule has 2 fully saturated rings. The molecule has 0 atom stereocenters. The molecule has 1 aromatic carbocycles. The van der Waals surface area contributed by atoms with Gasteiger partial charge < -0.3 is 10.1 Å². The van der Waals surface area contributed by atoms with Crippen LogP contribution in [0.25, 0.3) is 10.9 Å². The van der Waals surface area contributed by atoms with Crippen LogP contribution in [0.2, 0.25) is 10.2 Å². The fourth-order valence-electron chi connectivity index (χ4n) is 4.23. The highest BCUT2D eigenvalue weighted by atomic mass is 35.5. The van der Waals surface area contributed by atoms with Gasteiger partial charge in [0.05, 0.1) is 36.2 Å².